The fraction of sp³-hybridized carbons (Fsp3) is 0.688. The van der Waals surface area contributed by atoms with E-state index in [4.69, 9.17) is 5.11 Å². The molecule has 0 aromatic heterocycles. The number of hydrogen-bond acceptors (Lipinski definition) is 1. The first kappa shape index (κ1) is 15.0. The van der Waals surface area contributed by atoms with Crippen LogP contribution in [0.25, 0.3) is 0 Å². The van der Waals surface area contributed by atoms with Gasteiger partial charge in [0.25, 0.3) is 0 Å². The van der Waals surface area contributed by atoms with Crippen LogP contribution >= 0.6 is 0 Å². The van der Waals surface area contributed by atoms with E-state index in [-0.39, 0.29) is 0 Å². The molecule has 0 amide bonds. The van der Waals surface area contributed by atoms with Gasteiger partial charge in [-0.15, -0.1) is 0 Å². The average Bonchev–Trinajstić information content (AvgIpc) is 2.61. The molecule has 1 aliphatic rings. The van der Waals surface area contributed by atoms with Crippen molar-refractivity contribution in [2.24, 2.45) is 5.92 Å². The minimum absolute atomic E-state index is 0.333. The SMILES string of the molecule is O=C(O)CCCCCCCCC1C=CC=CCC1. The molecule has 0 heterocycles. The highest BCUT2D eigenvalue weighted by molar-refractivity contribution is 5.66. The highest BCUT2D eigenvalue weighted by Crippen LogP contribution is 2.20. The van der Waals surface area contributed by atoms with E-state index >= 15 is 0 Å². The van der Waals surface area contributed by atoms with Crippen LogP contribution < -0.4 is 0 Å². The molecule has 18 heavy (non-hydrogen) atoms. The molecule has 1 atom stereocenters. The molecule has 0 saturated heterocycles. The monoisotopic (exact) mass is 250 g/mol. The van der Waals surface area contributed by atoms with Crippen LogP contribution in [0.5, 0.6) is 0 Å². The van der Waals surface area contributed by atoms with Gasteiger partial charge in [-0.05, 0) is 31.6 Å². The highest BCUT2D eigenvalue weighted by atomic mass is 16.4. The van der Waals surface area contributed by atoms with Crippen LogP contribution in [0.2, 0.25) is 0 Å². The van der Waals surface area contributed by atoms with Crippen molar-refractivity contribution in [3.63, 3.8) is 0 Å². The number of carbonyl (C=O) groups is 1. The van der Waals surface area contributed by atoms with Gasteiger partial charge in [-0.25, -0.2) is 0 Å². The minimum Gasteiger partial charge on any atom is -0.481 e. The summed E-state index contributed by atoms with van der Waals surface area (Å²) in [6.45, 7) is 0. The number of hydrogen-bond donors (Lipinski definition) is 1. The lowest BCUT2D eigenvalue weighted by molar-refractivity contribution is -0.137. The number of carboxylic acids is 1. The summed E-state index contributed by atoms with van der Waals surface area (Å²) in [4.78, 5) is 10.3. The molecule has 2 heteroatoms. The van der Waals surface area contributed by atoms with Crippen LogP contribution in [0.4, 0.5) is 0 Å². The molecular formula is C16H26O2. The van der Waals surface area contributed by atoms with Gasteiger partial charge >= 0.3 is 5.97 Å². The number of allylic oxidation sites excluding steroid dienone is 4. The van der Waals surface area contributed by atoms with Gasteiger partial charge in [0.05, 0.1) is 0 Å². The topological polar surface area (TPSA) is 37.3 Å². The third kappa shape index (κ3) is 8.10. The van der Waals surface area contributed by atoms with E-state index < -0.39 is 5.97 Å². The lowest BCUT2D eigenvalue weighted by Crippen LogP contribution is -1.95. The van der Waals surface area contributed by atoms with Gasteiger partial charge in [-0.2, -0.15) is 0 Å². The van der Waals surface area contributed by atoms with E-state index in [0.29, 0.717) is 6.42 Å². The molecule has 1 N–H and O–H groups in total. The molecule has 0 spiro atoms. The first-order valence-electron chi connectivity index (χ1n) is 7.34. The summed E-state index contributed by atoms with van der Waals surface area (Å²) in [7, 11) is 0. The van der Waals surface area contributed by atoms with Crippen molar-refractivity contribution >= 4 is 5.97 Å². The van der Waals surface area contributed by atoms with Crippen LogP contribution in [-0.2, 0) is 4.79 Å². The van der Waals surface area contributed by atoms with E-state index in [9.17, 15) is 4.79 Å². The van der Waals surface area contributed by atoms with Gasteiger partial charge in [0.15, 0.2) is 0 Å². The Labute approximate surface area is 111 Å². The first-order chi connectivity index (χ1) is 8.79. The van der Waals surface area contributed by atoms with Crippen molar-refractivity contribution < 1.29 is 9.90 Å². The number of aliphatic carboxylic acids is 1. The largest absolute Gasteiger partial charge is 0.481 e. The summed E-state index contributed by atoms with van der Waals surface area (Å²) in [5.74, 6) is 0.107. The molecule has 0 fully saturated rings. The molecule has 0 aromatic rings. The normalized spacial score (nSPS) is 18.8. The minimum atomic E-state index is -0.663. The zero-order valence-electron chi connectivity index (χ0n) is 11.3. The van der Waals surface area contributed by atoms with Crippen molar-refractivity contribution in [1.29, 1.82) is 0 Å². The van der Waals surface area contributed by atoms with Gasteiger partial charge < -0.3 is 5.11 Å². The molecule has 0 bridgehead atoms. The second-order valence-electron chi connectivity index (χ2n) is 5.20. The molecular weight excluding hydrogens is 224 g/mol. The van der Waals surface area contributed by atoms with Crippen LogP contribution in [-0.4, -0.2) is 11.1 Å². The molecule has 1 rings (SSSR count). The third-order valence-corrected chi connectivity index (χ3v) is 3.55. The predicted octanol–water partition coefficient (Wildman–Crippen LogP) is 4.71. The standard InChI is InChI=1S/C16H26O2/c17-16(18)14-10-4-2-1-3-7-11-15-12-8-5-6-9-13-15/h5-6,8,12,15H,1-4,7,9-11,13-14H2,(H,17,18). The average molecular weight is 250 g/mol. The molecule has 2 nitrogen and oxygen atoms in total. The maximum absolute atomic E-state index is 10.3. The second-order valence-corrected chi connectivity index (χ2v) is 5.20. The van der Waals surface area contributed by atoms with Crippen molar-refractivity contribution in [2.75, 3.05) is 0 Å². The lowest BCUT2D eigenvalue weighted by Gasteiger charge is -2.10. The fourth-order valence-corrected chi connectivity index (χ4v) is 2.43. The predicted molar refractivity (Wildman–Crippen MR) is 75.6 cm³/mol. The zero-order chi connectivity index (χ0) is 13.1. The second kappa shape index (κ2) is 9.93. The van der Waals surface area contributed by atoms with Crippen LogP contribution in [0.15, 0.2) is 24.3 Å². The molecule has 1 aliphatic carbocycles. The summed E-state index contributed by atoms with van der Waals surface area (Å²) in [6, 6.07) is 0. The zero-order valence-corrected chi connectivity index (χ0v) is 11.3. The summed E-state index contributed by atoms with van der Waals surface area (Å²) in [6.07, 6.45) is 20.1. The lowest BCUT2D eigenvalue weighted by atomic mass is 9.96. The Kier molecular flexibility index (Phi) is 8.28. The van der Waals surface area contributed by atoms with E-state index in [1.807, 2.05) is 0 Å². The maximum Gasteiger partial charge on any atom is 0.303 e. The number of unbranched alkanes of at least 4 members (excludes halogenated alkanes) is 5. The molecule has 0 aliphatic heterocycles. The Balaban J connectivity index is 1.88. The van der Waals surface area contributed by atoms with Crippen LogP contribution in [0.3, 0.4) is 0 Å². The van der Waals surface area contributed by atoms with Gasteiger partial charge in [0.1, 0.15) is 0 Å². The van der Waals surface area contributed by atoms with Crippen molar-refractivity contribution in [3.8, 4) is 0 Å². The van der Waals surface area contributed by atoms with E-state index in [2.05, 4.69) is 24.3 Å². The van der Waals surface area contributed by atoms with Gasteiger partial charge in [-0.1, -0.05) is 56.4 Å². The maximum atomic E-state index is 10.3. The van der Waals surface area contributed by atoms with Crippen LogP contribution in [0, 0.1) is 5.92 Å². The number of rotatable bonds is 9. The first-order valence-corrected chi connectivity index (χ1v) is 7.34. The Bertz CT molecular complexity index is 279. The van der Waals surface area contributed by atoms with Gasteiger partial charge in [-0.3, -0.25) is 4.79 Å². The quantitative estimate of drug-likeness (QED) is 0.601. The van der Waals surface area contributed by atoms with Crippen LogP contribution in [0.1, 0.15) is 64.2 Å². The van der Waals surface area contributed by atoms with E-state index in [1.165, 1.54) is 44.9 Å². The van der Waals surface area contributed by atoms with Crippen molar-refractivity contribution in [1.82, 2.24) is 0 Å². The summed E-state index contributed by atoms with van der Waals surface area (Å²) in [5.41, 5.74) is 0. The molecule has 102 valence electrons. The Morgan fingerprint density at radius 2 is 1.78 bits per heavy atom. The molecule has 0 saturated carbocycles. The number of carboxylic acid groups (broad SMARTS) is 1. The Hall–Kier alpha value is -1.05. The van der Waals surface area contributed by atoms with E-state index in [1.54, 1.807) is 0 Å². The summed E-state index contributed by atoms with van der Waals surface area (Å²) < 4.78 is 0. The fourth-order valence-electron chi connectivity index (χ4n) is 2.43. The van der Waals surface area contributed by atoms with Crippen molar-refractivity contribution in [3.05, 3.63) is 24.3 Å². The van der Waals surface area contributed by atoms with E-state index in [0.717, 1.165) is 18.8 Å². The highest BCUT2D eigenvalue weighted by Gasteiger charge is 2.04. The van der Waals surface area contributed by atoms with Crippen molar-refractivity contribution in [2.45, 2.75) is 64.2 Å². The Morgan fingerprint density at radius 1 is 1.06 bits per heavy atom. The summed E-state index contributed by atoms with van der Waals surface area (Å²) >= 11 is 0. The van der Waals surface area contributed by atoms with Gasteiger partial charge in [0.2, 0.25) is 0 Å². The molecule has 0 radical (unpaired) electrons. The Morgan fingerprint density at radius 3 is 2.56 bits per heavy atom. The third-order valence-electron chi connectivity index (χ3n) is 3.55. The van der Waals surface area contributed by atoms with Gasteiger partial charge in [0, 0.05) is 6.42 Å². The smallest absolute Gasteiger partial charge is 0.303 e. The molecule has 0 aromatic carbocycles. The summed E-state index contributed by atoms with van der Waals surface area (Å²) in [5, 5.41) is 8.51. The molecule has 1 unspecified atom stereocenters.